The van der Waals surface area contributed by atoms with Gasteiger partial charge in [-0.1, -0.05) is 5.21 Å². The van der Waals surface area contributed by atoms with Gasteiger partial charge in [0.25, 0.3) is 0 Å². The molecule has 0 saturated heterocycles. The number of phenolic OH excluding ortho intramolecular Hbond substituents is 1. The predicted octanol–water partition coefficient (Wildman–Crippen LogP) is -0.393. The SMILES string of the molecule is COc1cc(C=NNC(=O)Cc2nn[nH]n2)ccc1O. The lowest BCUT2D eigenvalue weighted by Gasteiger charge is -2.03. The van der Waals surface area contributed by atoms with Gasteiger partial charge < -0.3 is 9.84 Å². The quantitative estimate of drug-likeness (QED) is 0.504. The Morgan fingerprint density at radius 3 is 3.15 bits per heavy atom. The van der Waals surface area contributed by atoms with Crippen molar-refractivity contribution in [3.05, 3.63) is 29.6 Å². The lowest BCUT2D eigenvalue weighted by atomic mass is 10.2. The van der Waals surface area contributed by atoms with Crippen LogP contribution in [0.15, 0.2) is 23.3 Å². The molecule has 1 aromatic heterocycles. The maximum atomic E-state index is 11.5. The average Bonchev–Trinajstić information content (AvgIpc) is 2.93. The van der Waals surface area contributed by atoms with E-state index >= 15 is 0 Å². The number of H-pyrrole nitrogens is 1. The Morgan fingerprint density at radius 2 is 2.45 bits per heavy atom. The lowest BCUT2D eigenvalue weighted by molar-refractivity contribution is -0.120. The van der Waals surface area contributed by atoms with Crippen molar-refractivity contribution in [2.75, 3.05) is 7.11 Å². The lowest BCUT2D eigenvalue weighted by Crippen LogP contribution is -2.20. The van der Waals surface area contributed by atoms with Crippen LogP contribution < -0.4 is 10.2 Å². The van der Waals surface area contributed by atoms with Gasteiger partial charge in [0.15, 0.2) is 17.3 Å². The molecule has 0 aliphatic heterocycles. The summed E-state index contributed by atoms with van der Waals surface area (Å²) in [5, 5.41) is 26.1. The zero-order chi connectivity index (χ0) is 14.4. The number of phenols is 1. The standard InChI is InChI=1S/C11H12N6O3/c1-20-9-4-7(2-3-8(9)18)6-12-15-11(19)5-10-13-16-17-14-10/h2-4,6,18H,5H2,1H3,(H,15,19)(H,13,14,16,17). The molecule has 9 heteroatoms. The molecule has 0 fully saturated rings. The third-order valence-corrected chi connectivity index (χ3v) is 2.31. The van der Waals surface area contributed by atoms with Crippen LogP contribution in [0.5, 0.6) is 11.5 Å². The number of hydrazone groups is 1. The van der Waals surface area contributed by atoms with Crippen molar-refractivity contribution in [1.82, 2.24) is 26.0 Å². The monoisotopic (exact) mass is 276 g/mol. The third kappa shape index (κ3) is 3.51. The van der Waals surface area contributed by atoms with Gasteiger partial charge in [0.05, 0.1) is 19.7 Å². The second-order valence-corrected chi connectivity index (χ2v) is 3.73. The number of methoxy groups -OCH3 is 1. The first-order valence-corrected chi connectivity index (χ1v) is 5.60. The number of carbonyl (C=O) groups excluding carboxylic acids is 1. The fourth-order valence-corrected chi connectivity index (χ4v) is 1.39. The second kappa shape index (κ2) is 6.27. The van der Waals surface area contributed by atoms with E-state index in [1.807, 2.05) is 0 Å². The maximum absolute atomic E-state index is 11.5. The molecule has 0 saturated carbocycles. The zero-order valence-corrected chi connectivity index (χ0v) is 10.6. The van der Waals surface area contributed by atoms with E-state index in [1.54, 1.807) is 12.1 Å². The molecule has 104 valence electrons. The van der Waals surface area contributed by atoms with Crippen molar-refractivity contribution in [3.63, 3.8) is 0 Å². The Kier molecular flexibility index (Phi) is 4.22. The number of hydrogen-bond donors (Lipinski definition) is 3. The summed E-state index contributed by atoms with van der Waals surface area (Å²) in [6, 6.07) is 4.69. The molecule has 2 aromatic rings. The zero-order valence-electron chi connectivity index (χ0n) is 10.6. The molecule has 0 bridgehead atoms. The maximum Gasteiger partial charge on any atom is 0.247 e. The van der Waals surface area contributed by atoms with E-state index in [9.17, 15) is 9.90 Å². The van der Waals surface area contributed by atoms with Gasteiger partial charge in [-0.2, -0.15) is 10.3 Å². The van der Waals surface area contributed by atoms with Gasteiger partial charge in [0.2, 0.25) is 5.91 Å². The van der Waals surface area contributed by atoms with Crippen LogP contribution in [0.1, 0.15) is 11.4 Å². The Balaban J connectivity index is 1.91. The van der Waals surface area contributed by atoms with Crippen molar-refractivity contribution in [1.29, 1.82) is 0 Å². The molecule has 20 heavy (non-hydrogen) atoms. The van der Waals surface area contributed by atoms with Crippen molar-refractivity contribution in [2.24, 2.45) is 5.10 Å². The summed E-state index contributed by atoms with van der Waals surface area (Å²) in [6.07, 6.45) is 1.41. The molecule has 1 aromatic carbocycles. The first-order valence-electron chi connectivity index (χ1n) is 5.60. The molecule has 3 N–H and O–H groups in total. The summed E-state index contributed by atoms with van der Waals surface area (Å²) in [5.41, 5.74) is 2.99. The first kappa shape index (κ1) is 13.5. The summed E-state index contributed by atoms with van der Waals surface area (Å²) in [4.78, 5) is 11.5. The minimum atomic E-state index is -0.367. The van der Waals surface area contributed by atoms with E-state index in [1.165, 1.54) is 19.4 Å². The molecule has 0 aliphatic carbocycles. The van der Waals surface area contributed by atoms with E-state index < -0.39 is 0 Å². The van der Waals surface area contributed by atoms with Crippen LogP contribution in [0, 0.1) is 0 Å². The van der Waals surface area contributed by atoms with Gasteiger partial charge in [0.1, 0.15) is 0 Å². The Labute approximate surface area is 113 Å². The van der Waals surface area contributed by atoms with E-state index in [-0.39, 0.29) is 23.9 Å². The van der Waals surface area contributed by atoms with Crippen LogP contribution in [0.25, 0.3) is 0 Å². The second-order valence-electron chi connectivity index (χ2n) is 3.73. The van der Waals surface area contributed by atoms with Gasteiger partial charge in [-0.25, -0.2) is 5.43 Å². The molecular formula is C11H12N6O3. The van der Waals surface area contributed by atoms with Crippen molar-refractivity contribution < 1.29 is 14.6 Å². The van der Waals surface area contributed by atoms with Gasteiger partial charge in [-0.05, 0) is 23.8 Å². The summed E-state index contributed by atoms with van der Waals surface area (Å²) in [7, 11) is 1.45. The number of nitrogens with one attached hydrogen (secondary N) is 2. The summed E-state index contributed by atoms with van der Waals surface area (Å²) in [6.45, 7) is 0. The summed E-state index contributed by atoms with van der Waals surface area (Å²) >= 11 is 0. The number of aromatic amines is 1. The number of tetrazole rings is 1. The molecule has 9 nitrogen and oxygen atoms in total. The van der Waals surface area contributed by atoms with Crippen molar-refractivity contribution in [2.45, 2.75) is 6.42 Å². The van der Waals surface area contributed by atoms with Crippen molar-refractivity contribution in [3.8, 4) is 11.5 Å². The number of carbonyl (C=O) groups is 1. The minimum Gasteiger partial charge on any atom is -0.504 e. The number of aromatic nitrogens is 4. The average molecular weight is 276 g/mol. The van der Waals surface area contributed by atoms with Gasteiger partial charge >= 0.3 is 0 Å². The van der Waals surface area contributed by atoms with E-state index in [0.717, 1.165) is 0 Å². The van der Waals surface area contributed by atoms with E-state index in [2.05, 4.69) is 31.2 Å². The van der Waals surface area contributed by atoms with Gasteiger partial charge in [0, 0.05) is 0 Å². The number of benzene rings is 1. The summed E-state index contributed by atoms with van der Waals surface area (Å²) < 4.78 is 4.96. The molecule has 0 spiro atoms. The Morgan fingerprint density at radius 1 is 1.60 bits per heavy atom. The molecule has 1 amide bonds. The van der Waals surface area contributed by atoms with Crippen LogP contribution in [0.3, 0.4) is 0 Å². The fraction of sp³-hybridized carbons (Fsp3) is 0.182. The number of ether oxygens (including phenoxy) is 1. The molecule has 0 atom stereocenters. The van der Waals surface area contributed by atoms with Crippen LogP contribution in [0.4, 0.5) is 0 Å². The van der Waals surface area contributed by atoms with Crippen LogP contribution in [0.2, 0.25) is 0 Å². The molecule has 0 aliphatic rings. The molecule has 1 heterocycles. The van der Waals surface area contributed by atoms with Gasteiger partial charge in [-0.3, -0.25) is 4.79 Å². The van der Waals surface area contributed by atoms with Crippen LogP contribution in [-0.2, 0) is 11.2 Å². The molecular weight excluding hydrogens is 264 g/mol. The van der Waals surface area contributed by atoms with Crippen molar-refractivity contribution >= 4 is 12.1 Å². The van der Waals surface area contributed by atoms with Crippen LogP contribution in [-0.4, -0.2) is 45.0 Å². The van der Waals surface area contributed by atoms with E-state index in [0.29, 0.717) is 11.3 Å². The van der Waals surface area contributed by atoms with Gasteiger partial charge in [-0.15, -0.1) is 10.2 Å². The molecule has 0 radical (unpaired) electrons. The Hall–Kier alpha value is -2.97. The minimum absolute atomic E-state index is 0.0211. The number of rotatable bonds is 5. The topological polar surface area (TPSA) is 125 Å². The highest BCUT2D eigenvalue weighted by Crippen LogP contribution is 2.25. The smallest absolute Gasteiger partial charge is 0.247 e. The molecule has 2 rings (SSSR count). The Bertz CT molecular complexity index is 611. The highest BCUT2D eigenvalue weighted by atomic mass is 16.5. The number of amides is 1. The highest BCUT2D eigenvalue weighted by Gasteiger charge is 2.05. The van der Waals surface area contributed by atoms with E-state index in [4.69, 9.17) is 4.74 Å². The number of aromatic hydroxyl groups is 1. The predicted molar refractivity (Wildman–Crippen MR) is 68.3 cm³/mol. The highest BCUT2D eigenvalue weighted by molar-refractivity contribution is 5.83. The number of hydrogen-bond acceptors (Lipinski definition) is 7. The first-order chi connectivity index (χ1) is 9.69. The normalized spacial score (nSPS) is 10.7. The molecule has 0 unspecified atom stereocenters. The summed E-state index contributed by atoms with van der Waals surface area (Å²) in [5.74, 6) is 0.273. The number of nitrogens with zero attached hydrogens (tertiary/aromatic N) is 4. The third-order valence-electron chi connectivity index (χ3n) is 2.31. The fourth-order valence-electron chi connectivity index (χ4n) is 1.39. The van der Waals surface area contributed by atoms with Crippen LogP contribution >= 0.6 is 0 Å². The largest absolute Gasteiger partial charge is 0.504 e.